The van der Waals surface area contributed by atoms with Crippen LogP contribution in [0.5, 0.6) is 0 Å². The van der Waals surface area contributed by atoms with Gasteiger partial charge in [0.25, 0.3) is 0 Å². The van der Waals surface area contributed by atoms with Crippen molar-refractivity contribution in [2.75, 3.05) is 6.61 Å². The molecule has 0 aliphatic carbocycles. The smallest absolute Gasteiger partial charge is 0.320 e. The van der Waals surface area contributed by atoms with Crippen molar-refractivity contribution < 1.29 is 9.53 Å². The van der Waals surface area contributed by atoms with E-state index in [-0.39, 0.29) is 16.8 Å². The lowest BCUT2D eigenvalue weighted by molar-refractivity contribution is -0.147. The minimum Gasteiger partial charge on any atom is -0.465 e. The molecule has 2 heteroatoms. The molecular weight excluding hydrogens is 332 g/mol. The Bertz CT molecular complexity index is 712. The molecule has 0 amide bonds. The highest BCUT2D eigenvalue weighted by Gasteiger charge is 2.39. The maximum absolute atomic E-state index is 13.0. The summed E-state index contributed by atoms with van der Waals surface area (Å²) >= 11 is 0. The Balaban J connectivity index is 2.55. The summed E-state index contributed by atoms with van der Waals surface area (Å²) in [5, 5.41) is 0. The van der Waals surface area contributed by atoms with Crippen molar-refractivity contribution in [3.05, 3.63) is 70.8 Å². The lowest BCUT2D eigenvalue weighted by Gasteiger charge is -2.30. The number of carbonyl (C=O) groups is 1. The number of esters is 1. The summed E-state index contributed by atoms with van der Waals surface area (Å²) in [4.78, 5) is 13.0. The summed E-state index contributed by atoms with van der Waals surface area (Å²) < 4.78 is 5.47. The Morgan fingerprint density at radius 1 is 0.667 bits per heavy atom. The van der Waals surface area contributed by atoms with E-state index in [1.807, 2.05) is 13.8 Å². The molecule has 146 valence electrons. The zero-order chi connectivity index (χ0) is 20.5. The van der Waals surface area contributed by atoms with E-state index in [2.05, 4.69) is 90.1 Å². The Kier molecular flexibility index (Phi) is 5.89. The maximum atomic E-state index is 13.0. The molecule has 0 aliphatic heterocycles. The van der Waals surface area contributed by atoms with Gasteiger partial charge >= 0.3 is 5.97 Å². The second-order valence-electron chi connectivity index (χ2n) is 9.50. The highest BCUT2D eigenvalue weighted by Crippen LogP contribution is 2.36. The number of rotatable bonds is 4. The fourth-order valence-electron chi connectivity index (χ4n) is 3.28. The Morgan fingerprint density at radius 3 is 1.22 bits per heavy atom. The van der Waals surface area contributed by atoms with Gasteiger partial charge in [-0.2, -0.15) is 0 Å². The molecule has 2 rings (SSSR count). The highest BCUT2D eigenvalue weighted by molar-refractivity contribution is 5.87. The predicted molar refractivity (Wildman–Crippen MR) is 113 cm³/mol. The van der Waals surface area contributed by atoms with Gasteiger partial charge in [-0.15, -0.1) is 0 Å². The molecule has 2 aromatic carbocycles. The van der Waals surface area contributed by atoms with Crippen LogP contribution in [0.25, 0.3) is 0 Å². The van der Waals surface area contributed by atoms with E-state index in [0.29, 0.717) is 6.61 Å². The van der Waals surface area contributed by atoms with Gasteiger partial charge in [-0.25, -0.2) is 0 Å². The van der Waals surface area contributed by atoms with Gasteiger partial charge < -0.3 is 4.74 Å². The summed E-state index contributed by atoms with van der Waals surface area (Å²) in [6.07, 6.45) is 0. The lowest BCUT2D eigenvalue weighted by Crippen LogP contribution is -2.36. The van der Waals surface area contributed by atoms with Crippen molar-refractivity contribution in [3.8, 4) is 0 Å². The molecular formula is C25H34O2. The molecule has 0 radical (unpaired) electrons. The molecule has 2 aromatic rings. The van der Waals surface area contributed by atoms with Gasteiger partial charge in [-0.1, -0.05) is 90.1 Å². The van der Waals surface area contributed by atoms with Crippen LogP contribution in [0.3, 0.4) is 0 Å². The fourth-order valence-corrected chi connectivity index (χ4v) is 3.28. The largest absolute Gasteiger partial charge is 0.465 e. The molecule has 27 heavy (non-hydrogen) atoms. The molecule has 0 N–H and O–H groups in total. The zero-order valence-electron chi connectivity index (χ0n) is 18.1. The van der Waals surface area contributed by atoms with E-state index in [1.54, 1.807) is 0 Å². The van der Waals surface area contributed by atoms with Crippen LogP contribution in [0.2, 0.25) is 0 Å². The molecule has 0 fully saturated rings. The van der Waals surface area contributed by atoms with E-state index in [0.717, 1.165) is 11.1 Å². The van der Waals surface area contributed by atoms with Crippen LogP contribution in [0, 0.1) is 0 Å². The van der Waals surface area contributed by atoms with Crippen molar-refractivity contribution in [2.45, 2.75) is 71.6 Å². The molecule has 0 unspecified atom stereocenters. The lowest BCUT2D eigenvalue weighted by atomic mass is 9.74. The van der Waals surface area contributed by atoms with Gasteiger partial charge in [0.2, 0.25) is 0 Å². The summed E-state index contributed by atoms with van der Waals surface area (Å²) in [6, 6.07) is 16.7. The van der Waals surface area contributed by atoms with Crippen LogP contribution in [0.15, 0.2) is 48.5 Å². The van der Waals surface area contributed by atoms with Crippen molar-refractivity contribution in [1.82, 2.24) is 0 Å². The van der Waals surface area contributed by atoms with E-state index in [1.165, 1.54) is 11.1 Å². The van der Waals surface area contributed by atoms with E-state index >= 15 is 0 Å². The first-order valence-corrected chi connectivity index (χ1v) is 9.80. The van der Waals surface area contributed by atoms with Crippen LogP contribution in [0.1, 0.15) is 77.6 Å². The van der Waals surface area contributed by atoms with Gasteiger partial charge in [0.15, 0.2) is 0 Å². The highest BCUT2D eigenvalue weighted by atomic mass is 16.5. The van der Waals surface area contributed by atoms with Crippen LogP contribution >= 0.6 is 0 Å². The molecule has 0 atom stereocenters. The van der Waals surface area contributed by atoms with E-state index < -0.39 is 5.41 Å². The minimum absolute atomic E-state index is 0.0766. The monoisotopic (exact) mass is 366 g/mol. The molecule has 0 saturated carbocycles. The second-order valence-corrected chi connectivity index (χ2v) is 9.50. The molecule has 0 bridgehead atoms. The number of ether oxygens (including phenoxy) is 1. The summed E-state index contributed by atoms with van der Waals surface area (Å²) in [6.45, 7) is 17.3. The summed E-state index contributed by atoms with van der Waals surface area (Å²) in [5.41, 5.74) is 3.74. The van der Waals surface area contributed by atoms with Gasteiger partial charge in [-0.3, -0.25) is 4.79 Å². The van der Waals surface area contributed by atoms with E-state index in [9.17, 15) is 4.79 Å². The molecule has 0 aromatic heterocycles. The second kappa shape index (κ2) is 7.50. The Labute approximate surface area is 165 Å². The quantitative estimate of drug-likeness (QED) is 0.607. The third kappa shape index (κ3) is 4.43. The molecule has 0 spiro atoms. The first kappa shape index (κ1) is 21.2. The maximum Gasteiger partial charge on any atom is 0.320 e. The molecule has 0 heterocycles. The van der Waals surface area contributed by atoms with Gasteiger partial charge in [0, 0.05) is 0 Å². The molecule has 2 nitrogen and oxygen atoms in total. The van der Waals surface area contributed by atoms with Crippen LogP contribution in [-0.2, 0) is 25.8 Å². The van der Waals surface area contributed by atoms with Crippen molar-refractivity contribution in [1.29, 1.82) is 0 Å². The van der Waals surface area contributed by atoms with Gasteiger partial charge in [0.05, 0.1) is 6.61 Å². The average molecular weight is 367 g/mol. The standard InChI is InChI=1S/C25H34O2/c1-9-27-22(26)25(8,20-14-10-18(11-15-20)23(2,3)4)21-16-12-19(13-17-21)24(5,6)7/h10-17H,9H2,1-8H3. The molecule has 0 aliphatic rings. The summed E-state index contributed by atoms with van der Waals surface area (Å²) in [5.74, 6) is -0.211. The predicted octanol–water partition coefficient (Wildman–Crippen LogP) is 6.15. The van der Waals surface area contributed by atoms with Crippen molar-refractivity contribution in [2.24, 2.45) is 0 Å². The first-order chi connectivity index (χ1) is 12.4. The number of hydrogen-bond donors (Lipinski definition) is 0. The number of hydrogen-bond acceptors (Lipinski definition) is 2. The Morgan fingerprint density at radius 2 is 0.963 bits per heavy atom. The number of benzene rings is 2. The van der Waals surface area contributed by atoms with Crippen LogP contribution in [0.4, 0.5) is 0 Å². The van der Waals surface area contributed by atoms with E-state index in [4.69, 9.17) is 4.74 Å². The SMILES string of the molecule is CCOC(=O)C(C)(c1ccc(C(C)(C)C)cc1)c1ccc(C(C)(C)C)cc1. The van der Waals surface area contributed by atoms with Crippen LogP contribution in [-0.4, -0.2) is 12.6 Å². The van der Waals surface area contributed by atoms with Gasteiger partial charge in [0.1, 0.15) is 5.41 Å². The fraction of sp³-hybridized carbons (Fsp3) is 0.480. The zero-order valence-corrected chi connectivity index (χ0v) is 18.1. The third-order valence-electron chi connectivity index (χ3n) is 5.34. The third-order valence-corrected chi connectivity index (χ3v) is 5.34. The molecule has 0 saturated heterocycles. The van der Waals surface area contributed by atoms with Crippen molar-refractivity contribution in [3.63, 3.8) is 0 Å². The van der Waals surface area contributed by atoms with Crippen molar-refractivity contribution >= 4 is 5.97 Å². The average Bonchev–Trinajstić information content (AvgIpc) is 2.60. The minimum atomic E-state index is -0.831. The normalized spacial score (nSPS) is 12.7. The van der Waals surface area contributed by atoms with Crippen LogP contribution < -0.4 is 0 Å². The number of carbonyl (C=O) groups excluding carboxylic acids is 1. The first-order valence-electron chi connectivity index (χ1n) is 9.80. The topological polar surface area (TPSA) is 26.3 Å². The Hall–Kier alpha value is -2.09. The van der Waals surface area contributed by atoms with Gasteiger partial charge in [-0.05, 0) is 46.9 Å². The summed E-state index contributed by atoms with van der Waals surface area (Å²) in [7, 11) is 0.